The zero-order chi connectivity index (χ0) is 16.4. The number of phenols is 1. The van der Waals surface area contributed by atoms with E-state index in [1.165, 1.54) is 12.1 Å². The third-order valence-corrected chi connectivity index (χ3v) is 3.91. The molecule has 0 fully saturated rings. The minimum absolute atomic E-state index is 0.0500. The maximum atomic E-state index is 12.5. The molecular weight excluding hydrogens is 294 g/mol. The van der Waals surface area contributed by atoms with E-state index in [0.717, 1.165) is 17.7 Å². The van der Waals surface area contributed by atoms with E-state index < -0.39 is 12.1 Å². The predicted octanol–water partition coefficient (Wildman–Crippen LogP) is 2.53. The number of carbonyl (C=O) groups excluding carboxylic acids is 2. The molecule has 0 radical (unpaired) electrons. The average Bonchev–Trinajstić information content (AvgIpc) is 2.98. The van der Waals surface area contributed by atoms with Gasteiger partial charge in [-0.15, -0.1) is 0 Å². The number of aromatic hydroxyl groups is 1. The highest BCUT2D eigenvalue weighted by atomic mass is 16.5. The molecule has 5 nitrogen and oxygen atoms in total. The zero-order valence-corrected chi connectivity index (χ0v) is 12.7. The summed E-state index contributed by atoms with van der Waals surface area (Å²) in [7, 11) is 0. The molecule has 1 atom stereocenters. The number of ether oxygens (including phenoxy) is 1. The number of hydrogen-bond donors (Lipinski definition) is 1. The number of nitrogens with zero attached hydrogens (tertiary/aromatic N) is 1. The molecule has 23 heavy (non-hydrogen) atoms. The van der Waals surface area contributed by atoms with Crippen molar-refractivity contribution in [1.29, 1.82) is 0 Å². The minimum atomic E-state index is -0.923. The van der Waals surface area contributed by atoms with E-state index in [1.807, 2.05) is 24.3 Å². The Morgan fingerprint density at radius 1 is 1.13 bits per heavy atom. The molecule has 0 spiro atoms. The number of amides is 1. The van der Waals surface area contributed by atoms with Gasteiger partial charge in [-0.05, 0) is 37.1 Å². The van der Waals surface area contributed by atoms with Gasteiger partial charge in [-0.25, -0.2) is 4.79 Å². The van der Waals surface area contributed by atoms with Crippen LogP contribution >= 0.6 is 0 Å². The first-order valence-corrected chi connectivity index (χ1v) is 7.46. The average molecular weight is 311 g/mol. The Balaban J connectivity index is 1.72. The van der Waals surface area contributed by atoms with Gasteiger partial charge in [0.1, 0.15) is 11.3 Å². The molecule has 1 amide bonds. The molecule has 1 aliphatic heterocycles. The third kappa shape index (κ3) is 2.90. The number of fused-ring (bicyclic) bond motifs is 1. The summed E-state index contributed by atoms with van der Waals surface area (Å²) in [5.74, 6) is -1.14. The van der Waals surface area contributed by atoms with Crippen LogP contribution in [0, 0.1) is 0 Å². The smallest absolute Gasteiger partial charge is 0.342 e. The van der Waals surface area contributed by atoms with Crippen LogP contribution in [0.4, 0.5) is 5.69 Å². The molecule has 1 N–H and O–H groups in total. The normalized spacial score (nSPS) is 14.2. The second-order valence-electron chi connectivity index (χ2n) is 5.43. The number of benzene rings is 2. The molecule has 5 heteroatoms. The Bertz CT molecular complexity index is 756. The molecule has 3 rings (SSSR count). The predicted molar refractivity (Wildman–Crippen MR) is 85.5 cm³/mol. The summed E-state index contributed by atoms with van der Waals surface area (Å²) in [4.78, 5) is 26.3. The summed E-state index contributed by atoms with van der Waals surface area (Å²) in [6, 6.07) is 13.8. The number of phenolic OH excluding ortho intramolecular Hbond substituents is 1. The highest BCUT2D eigenvalue weighted by Crippen LogP contribution is 2.28. The van der Waals surface area contributed by atoms with Gasteiger partial charge in [-0.1, -0.05) is 30.3 Å². The van der Waals surface area contributed by atoms with Crippen LogP contribution in [0.25, 0.3) is 0 Å². The van der Waals surface area contributed by atoms with Gasteiger partial charge in [-0.2, -0.15) is 0 Å². The topological polar surface area (TPSA) is 66.8 Å². The molecule has 1 aliphatic rings. The van der Waals surface area contributed by atoms with E-state index >= 15 is 0 Å². The number of rotatable bonds is 3. The second-order valence-corrected chi connectivity index (χ2v) is 5.43. The molecule has 0 saturated carbocycles. The van der Waals surface area contributed by atoms with E-state index in [0.29, 0.717) is 6.54 Å². The van der Waals surface area contributed by atoms with Crippen molar-refractivity contribution in [2.24, 2.45) is 0 Å². The lowest BCUT2D eigenvalue weighted by atomic mass is 10.2. The molecule has 0 saturated heterocycles. The second kappa shape index (κ2) is 6.12. The largest absolute Gasteiger partial charge is 0.507 e. The number of para-hydroxylation sites is 2. The van der Waals surface area contributed by atoms with E-state index in [1.54, 1.807) is 24.0 Å². The first-order chi connectivity index (χ1) is 11.1. The van der Waals surface area contributed by atoms with E-state index in [4.69, 9.17) is 4.74 Å². The summed E-state index contributed by atoms with van der Waals surface area (Å²) in [6.45, 7) is 2.12. The fourth-order valence-electron chi connectivity index (χ4n) is 2.71. The fourth-order valence-corrected chi connectivity index (χ4v) is 2.71. The van der Waals surface area contributed by atoms with E-state index in [2.05, 4.69) is 0 Å². The maximum absolute atomic E-state index is 12.5. The van der Waals surface area contributed by atoms with Gasteiger partial charge in [-0.3, -0.25) is 4.79 Å². The van der Waals surface area contributed by atoms with Gasteiger partial charge >= 0.3 is 5.97 Å². The van der Waals surface area contributed by atoms with Gasteiger partial charge in [0.05, 0.1) is 0 Å². The standard InChI is InChI=1S/C18H17NO4/c1-12(23-18(22)14-7-3-5-9-16(14)20)17(21)19-11-10-13-6-2-4-8-15(13)19/h2-9,12,20H,10-11H2,1H3/t12-/m1/s1. The van der Waals surface area contributed by atoms with Crippen LogP contribution in [0.15, 0.2) is 48.5 Å². The summed E-state index contributed by atoms with van der Waals surface area (Å²) in [5.41, 5.74) is 2.03. The molecule has 2 aromatic rings. The molecule has 1 heterocycles. The van der Waals surface area contributed by atoms with Crippen LogP contribution in [0.2, 0.25) is 0 Å². The van der Waals surface area contributed by atoms with E-state index in [9.17, 15) is 14.7 Å². The van der Waals surface area contributed by atoms with Gasteiger partial charge in [0.25, 0.3) is 5.91 Å². The van der Waals surface area contributed by atoms with Gasteiger partial charge < -0.3 is 14.7 Å². The minimum Gasteiger partial charge on any atom is -0.507 e. The lowest BCUT2D eigenvalue weighted by molar-refractivity contribution is -0.126. The summed E-state index contributed by atoms with van der Waals surface area (Å²) in [5, 5.41) is 9.68. The van der Waals surface area contributed by atoms with Crippen molar-refractivity contribution >= 4 is 17.6 Å². The van der Waals surface area contributed by atoms with Gasteiger partial charge in [0.2, 0.25) is 0 Å². The highest BCUT2D eigenvalue weighted by molar-refractivity contribution is 6.00. The maximum Gasteiger partial charge on any atom is 0.342 e. The van der Waals surface area contributed by atoms with Crippen molar-refractivity contribution < 1.29 is 19.4 Å². The van der Waals surface area contributed by atoms with Crippen molar-refractivity contribution in [3.63, 3.8) is 0 Å². The van der Waals surface area contributed by atoms with Crippen molar-refractivity contribution in [2.45, 2.75) is 19.4 Å². The van der Waals surface area contributed by atoms with Crippen LogP contribution in [-0.4, -0.2) is 29.6 Å². The lowest BCUT2D eigenvalue weighted by Gasteiger charge is -2.21. The SMILES string of the molecule is C[C@@H](OC(=O)c1ccccc1O)C(=O)N1CCc2ccccc21. The lowest BCUT2D eigenvalue weighted by Crippen LogP contribution is -2.39. The summed E-state index contributed by atoms with van der Waals surface area (Å²) < 4.78 is 5.22. The molecule has 118 valence electrons. The molecule has 0 bridgehead atoms. The first-order valence-electron chi connectivity index (χ1n) is 7.46. The number of anilines is 1. The van der Waals surface area contributed by atoms with Crippen LogP contribution in [0.3, 0.4) is 0 Å². The Kier molecular flexibility index (Phi) is 4.02. The fraction of sp³-hybridized carbons (Fsp3) is 0.222. The Labute approximate surface area is 134 Å². The summed E-state index contributed by atoms with van der Waals surface area (Å²) >= 11 is 0. The van der Waals surface area contributed by atoms with E-state index in [-0.39, 0.29) is 17.2 Å². The Hall–Kier alpha value is -2.82. The molecule has 0 unspecified atom stereocenters. The molecule has 0 aliphatic carbocycles. The van der Waals surface area contributed by atoms with Crippen molar-refractivity contribution in [1.82, 2.24) is 0 Å². The molecule has 0 aromatic heterocycles. The van der Waals surface area contributed by atoms with Crippen LogP contribution < -0.4 is 4.90 Å². The third-order valence-electron chi connectivity index (χ3n) is 3.91. The van der Waals surface area contributed by atoms with Crippen molar-refractivity contribution in [3.8, 4) is 5.75 Å². The Morgan fingerprint density at radius 2 is 1.83 bits per heavy atom. The van der Waals surface area contributed by atoms with Gasteiger partial charge in [0.15, 0.2) is 6.10 Å². The monoisotopic (exact) mass is 311 g/mol. The quantitative estimate of drug-likeness (QED) is 0.885. The number of esters is 1. The number of hydrogen-bond acceptors (Lipinski definition) is 4. The zero-order valence-electron chi connectivity index (χ0n) is 12.7. The first kappa shape index (κ1) is 15.1. The van der Waals surface area contributed by atoms with Crippen molar-refractivity contribution in [2.75, 3.05) is 11.4 Å². The Morgan fingerprint density at radius 3 is 2.61 bits per heavy atom. The molecule has 2 aromatic carbocycles. The van der Waals surface area contributed by atoms with Crippen LogP contribution in [0.1, 0.15) is 22.8 Å². The van der Waals surface area contributed by atoms with Crippen molar-refractivity contribution in [3.05, 3.63) is 59.7 Å². The summed E-state index contributed by atoms with van der Waals surface area (Å²) in [6.07, 6.45) is -0.129. The molecular formula is C18H17NO4. The highest BCUT2D eigenvalue weighted by Gasteiger charge is 2.30. The van der Waals surface area contributed by atoms with Crippen LogP contribution in [-0.2, 0) is 16.0 Å². The number of carbonyl (C=O) groups is 2. The van der Waals surface area contributed by atoms with Gasteiger partial charge in [0, 0.05) is 12.2 Å². The van der Waals surface area contributed by atoms with Crippen LogP contribution in [0.5, 0.6) is 5.75 Å².